The van der Waals surface area contributed by atoms with E-state index in [0.717, 1.165) is 18.7 Å². The van der Waals surface area contributed by atoms with E-state index in [1.54, 1.807) is 33.2 Å². The molecule has 3 N–H and O–H groups in total. The maximum Gasteiger partial charge on any atom is 0.316 e. The molecular formula is C13H21N3O3. The minimum atomic E-state index is -1.09. The number of H-pyrrole nitrogens is 1. The molecule has 6 nitrogen and oxygen atoms in total. The van der Waals surface area contributed by atoms with Gasteiger partial charge in [0.25, 0.3) is 0 Å². The van der Waals surface area contributed by atoms with Crippen molar-refractivity contribution in [3.8, 4) is 0 Å². The fourth-order valence-electron chi connectivity index (χ4n) is 1.88. The van der Waals surface area contributed by atoms with Crippen LogP contribution >= 0.6 is 0 Å². The smallest absolute Gasteiger partial charge is 0.316 e. The van der Waals surface area contributed by atoms with E-state index in [1.807, 2.05) is 0 Å². The SMILES string of the molecule is CC(C)(C)C(C(=O)O)C(=O)NCCCc1ncc[nH]1. The molecule has 0 aliphatic rings. The van der Waals surface area contributed by atoms with Gasteiger partial charge in [0.2, 0.25) is 5.91 Å². The molecule has 0 aliphatic heterocycles. The lowest BCUT2D eigenvalue weighted by Crippen LogP contribution is -2.43. The molecule has 1 aromatic rings. The van der Waals surface area contributed by atoms with E-state index in [2.05, 4.69) is 15.3 Å². The highest BCUT2D eigenvalue weighted by molar-refractivity contribution is 5.97. The predicted molar refractivity (Wildman–Crippen MR) is 70.5 cm³/mol. The third-order valence-corrected chi connectivity index (χ3v) is 2.82. The number of aromatic nitrogens is 2. The first-order valence-electron chi connectivity index (χ1n) is 6.31. The predicted octanol–water partition coefficient (Wildman–Crippen LogP) is 1.21. The quantitative estimate of drug-likeness (QED) is 0.533. The number of imidazole rings is 1. The molecule has 106 valence electrons. The van der Waals surface area contributed by atoms with Crippen LogP contribution in [0.1, 0.15) is 33.0 Å². The van der Waals surface area contributed by atoms with Gasteiger partial charge in [-0.2, -0.15) is 0 Å². The summed E-state index contributed by atoms with van der Waals surface area (Å²) >= 11 is 0. The standard InChI is InChI=1S/C13H21N3O3/c1-13(2,3)10(12(18)19)11(17)16-6-4-5-9-14-7-8-15-9/h7-8,10H,4-6H2,1-3H3,(H,14,15)(H,16,17)(H,18,19). The molecule has 1 amide bonds. The third kappa shape index (κ3) is 4.73. The summed E-state index contributed by atoms with van der Waals surface area (Å²) in [5, 5.41) is 11.8. The largest absolute Gasteiger partial charge is 0.481 e. The number of nitrogens with zero attached hydrogens (tertiary/aromatic N) is 1. The van der Waals surface area contributed by atoms with Gasteiger partial charge in [-0.15, -0.1) is 0 Å². The highest BCUT2D eigenvalue weighted by atomic mass is 16.4. The molecule has 1 heterocycles. The Morgan fingerprint density at radius 1 is 1.47 bits per heavy atom. The van der Waals surface area contributed by atoms with Gasteiger partial charge in [0, 0.05) is 25.4 Å². The van der Waals surface area contributed by atoms with Gasteiger partial charge in [0.1, 0.15) is 11.7 Å². The molecule has 0 fully saturated rings. The number of carbonyl (C=O) groups is 2. The number of carboxylic acids is 1. The first-order chi connectivity index (χ1) is 8.82. The van der Waals surface area contributed by atoms with Gasteiger partial charge in [-0.05, 0) is 11.8 Å². The van der Waals surface area contributed by atoms with Crippen LogP contribution in [0.15, 0.2) is 12.4 Å². The Morgan fingerprint density at radius 2 is 2.16 bits per heavy atom. The van der Waals surface area contributed by atoms with Crippen LogP contribution in [0.3, 0.4) is 0 Å². The van der Waals surface area contributed by atoms with Crippen LogP contribution in [0.25, 0.3) is 0 Å². The lowest BCUT2D eigenvalue weighted by atomic mass is 9.80. The maximum atomic E-state index is 11.9. The molecule has 0 spiro atoms. The number of hydrogen-bond acceptors (Lipinski definition) is 3. The van der Waals surface area contributed by atoms with Crippen molar-refractivity contribution in [2.75, 3.05) is 6.54 Å². The molecule has 0 saturated heterocycles. The molecule has 1 atom stereocenters. The van der Waals surface area contributed by atoms with Crippen molar-refractivity contribution in [2.24, 2.45) is 11.3 Å². The monoisotopic (exact) mass is 267 g/mol. The summed E-state index contributed by atoms with van der Waals surface area (Å²) in [7, 11) is 0. The molecule has 0 saturated carbocycles. The zero-order valence-corrected chi connectivity index (χ0v) is 11.6. The lowest BCUT2D eigenvalue weighted by molar-refractivity contribution is -0.151. The molecule has 6 heteroatoms. The second-order valence-electron chi connectivity index (χ2n) is 5.57. The lowest BCUT2D eigenvalue weighted by Gasteiger charge is -2.25. The van der Waals surface area contributed by atoms with Crippen molar-refractivity contribution in [1.29, 1.82) is 0 Å². The summed E-state index contributed by atoms with van der Waals surface area (Å²) in [6.45, 7) is 5.68. The van der Waals surface area contributed by atoms with E-state index in [4.69, 9.17) is 5.11 Å². The number of carbonyl (C=O) groups excluding carboxylic acids is 1. The molecular weight excluding hydrogens is 246 g/mol. The first kappa shape index (κ1) is 15.2. The molecule has 0 aliphatic carbocycles. The second-order valence-corrected chi connectivity index (χ2v) is 5.57. The average molecular weight is 267 g/mol. The second kappa shape index (κ2) is 6.36. The van der Waals surface area contributed by atoms with Gasteiger partial charge in [-0.1, -0.05) is 20.8 Å². The number of carboxylic acid groups (broad SMARTS) is 1. The van der Waals surface area contributed by atoms with E-state index in [0.29, 0.717) is 6.54 Å². The normalized spacial score (nSPS) is 13.0. The number of rotatable bonds is 6. The number of nitrogens with one attached hydrogen (secondary N) is 2. The third-order valence-electron chi connectivity index (χ3n) is 2.82. The van der Waals surface area contributed by atoms with Crippen LogP contribution in [0.2, 0.25) is 0 Å². The van der Waals surface area contributed by atoms with Crippen molar-refractivity contribution >= 4 is 11.9 Å². The summed E-state index contributed by atoms with van der Waals surface area (Å²) in [5.74, 6) is -1.69. The molecule has 0 aromatic carbocycles. The van der Waals surface area contributed by atoms with Crippen LogP contribution in [0.5, 0.6) is 0 Å². The molecule has 1 aromatic heterocycles. The first-order valence-corrected chi connectivity index (χ1v) is 6.31. The van der Waals surface area contributed by atoms with Crippen LogP contribution in [-0.4, -0.2) is 33.5 Å². The molecule has 0 radical (unpaired) electrons. The van der Waals surface area contributed by atoms with E-state index in [9.17, 15) is 9.59 Å². The van der Waals surface area contributed by atoms with Crippen molar-refractivity contribution in [3.05, 3.63) is 18.2 Å². The summed E-state index contributed by atoms with van der Waals surface area (Å²) < 4.78 is 0. The minimum absolute atomic E-state index is 0.431. The van der Waals surface area contributed by atoms with Gasteiger partial charge in [-0.25, -0.2) is 4.98 Å². The van der Waals surface area contributed by atoms with Gasteiger partial charge < -0.3 is 15.4 Å². The fourth-order valence-corrected chi connectivity index (χ4v) is 1.88. The van der Waals surface area contributed by atoms with Crippen molar-refractivity contribution in [1.82, 2.24) is 15.3 Å². The van der Waals surface area contributed by atoms with Crippen molar-refractivity contribution < 1.29 is 14.7 Å². The zero-order valence-electron chi connectivity index (χ0n) is 11.6. The van der Waals surface area contributed by atoms with Crippen molar-refractivity contribution in [3.63, 3.8) is 0 Å². The topological polar surface area (TPSA) is 95.1 Å². The van der Waals surface area contributed by atoms with E-state index >= 15 is 0 Å². The molecule has 19 heavy (non-hydrogen) atoms. The van der Waals surface area contributed by atoms with Gasteiger partial charge in [0.15, 0.2) is 0 Å². The summed E-state index contributed by atoms with van der Waals surface area (Å²) in [5.41, 5.74) is -0.600. The van der Waals surface area contributed by atoms with E-state index in [1.165, 1.54) is 0 Å². The Bertz CT molecular complexity index is 421. The maximum absolute atomic E-state index is 11.9. The average Bonchev–Trinajstić information content (AvgIpc) is 2.74. The summed E-state index contributed by atoms with van der Waals surface area (Å²) in [6, 6.07) is 0. The Morgan fingerprint density at radius 3 is 2.63 bits per heavy atom. The minimum Gasteiger partial charge on any atom is -0.481 e. The zero-order chi connectivity index (χ0) is 14.5. The number of aryl methyl sites for hydroxylation is 1. The fraction of sp³-hybridized carbons (Fsp3) is 0.615. The van der Waals surface area contributed by atoms with Crippen LogP contribution in [-0.2, 0) is 16.0 Å². The molecule has 1 unspecified atom stereocenters. The highest BCUT2D eigenvalue weighted by Crippen LogP contribution is 2.26. The van der Waals surface area contributed by atoms with Crippen molar-refractivity contribution in [2.45, 2.75) is 33.6 Å². The number of hydrogen-bond donors (Lipinski definition) is 3. The van der Waals surface area contributed by atoms with Gasteiger partial charge in [0.05, 0.1) is 0 Å². The van der Waals surface area contributed by atoms with Gasteiger partial charge in [-0.3, -0.25) is 9.59 Å². The highest BCUT2D eigenvalue weighted by Gasteiger charge is 2.37. The number of amides is 1. The van der Waals surface area contributed by atoms with Gasteiger partial charge >= 0.3 is 5.97 Å². The van der Waals surface area contributed by atoms with Crippen LogP contribution in [0.4, 0.5) is 0 Å². The Balaban J connectivity index is 2.39. The Hall–Kier alpha value is -1.85. The number of aliphatic carboxylic acids is 1. The van der Waals surface area contributed by atoms with Crippen LogP contribution < -0.4 is 5.32 Å². The summed E-state index contributed by atoms with van der Waals surface area (Å²) in [4.78, 5) is 30.1. The Kier molecular flexibility index (Phi) is 5.09. The van der Waals surface area contributed by atoms with Crippen LogP contribution in [0, 0.1) is 11.3 Å². The van der Waals surface area contributed by atoms with E-state index < -0.39 is 23.2 Å². The number of aromatic amines is 1. The Labute approximate surface area is 112 Å². The molecule has 0 bridgehead atoms. The molecule has 1 rings (SSSR count). The van der Waals surface area contributed by atoms with E-state index in [-0.39, 0.29) is 0 Å². The summed E-state index contributed by atoms with van der Waals surface area (Å²) in [6.07, 6.45) is 4.86.